The van der Waals surface area contributed by atoms with Crippen LogP contribution in [0.4, 0.5) is 0 Å². The molecule has 4 aliphatic rings. The highest BCUT2D eigenvalue weighted by molar-refractivity contribution is 7.92. The van der Waals surface area contributed by atoms with Crippen molar-refractivity contribution < 1.29 is 52.6 Å². The standard InChI is InChI=1S/C30H41N3O12S4/c1-18-12-31(13-19(2)42-18)47(36,37)24-7-8-26-27(9-24)46(34,35)28-10-25(48(38,39)32-14-20(3)43-21(4)15-32)11-29(30(28)45-26)49(40,41)33-16-22(5)44-23(6)17-33/h7-11,18-23H,12-17H2,1-6H3/t18-,19+,20-,21+,22-,23+. The van der Waals surface area contributed by atoms with Crippen LogP contribution < -0.4 is 4.74 Å². The topological polar surface area (TPSA) is 183 Å². The lowest BCUT2D eigenvalue weighted by molar-refractivity contribution is -0.0442. The first-order valence-electron chi connectivity index (χ1n) is 15.9. The van der Waals surface area contributed by atoms with Crippen molar-refractivity contribution >= 4 is 39.9 Å². The van der Waals surface area contributed by atoms with Gasteiger partial charge in [0.25, 0.3) is 0 Å². The van der Waals surface area contributed by atoms with Crippen LogP contribution in [0.5, 0.6) is 11.5 Å². The molecule has 6 rings (SSSR count). The maximum atomic E-state index is 14.4. The minimum atomic E-state index is -4.75. The van der Waals surface area contributed by atoms with Gasteiger partial charge < -0.3 is 18.9 Å². The van der Waals surface area contributed by atoms with Gasteiger partial charge in [0.2, 0.25) is 39.9 Å². The first-order valence-corrected chi connectivity index (χ1v) is 21.7. The van der Waals surface area contributed by atoms with Gasteiger partial charge >= 0.3 is 0 Å². The number of ether oxygens (including phenoxy) is 4. The molecule has 2 aromatic carbocycles. The molecule has 0 saturated carbocycles. The van der Waals surface area contributed by atoms with Gasteiger partial charge in [0.15, 0.2) is 5.75 Å². The van der Waals surface area contributed by atoms with Crippen molar-refractivity contribution in [3.8, 4) is 11.5 Å². The monoisotopic (exact) mass is 763 g/mol. The van der Waals surface area contributed by atoms with Crippen molar-refractivity contribution in [2.75, 3.05) is 39.3 Å². The molecule has 4 aliphatic heterocycles. The van der Waals surface area contributed by atoms with Gasteiger partial charge in [0, 0.05) is 39.3 Å². The second kappa shape index (κ2) is 12.8. The van der Waals surface area contributed by atoms with Crippen molar-refractivity contribution in [1.82, 2.24) is 12.9 Å². The SMILES string of the molecule is C[C@@H]1CN(S(=O)(=O)c2ccc3c(c2)S(=O)(=O)c2cc(S(=O)(=O)N4C[C@@H](C)O[C@@H](C)C4)cc(S(=O)(=O)N4C[C@@H](C)O[C@@H](C)C4)c2O3)C[C@H](C)O1. The third kappa shape index (κ3) is 6.67. The van der Waals surface area contributed by atoms with E-state index in [-0.39, 0.29) is 49.9 Å². The molecule has 6 atom stereocenters. The van der Waals surface area contributed by atoms with Crippen LogP contribution in [0, 0.1) is 0 Å². The first-order chi connectivity index (χ1) is 22.7. The Balaban J connectivity index is 1.51. The molecule has 3 fully saturated rings. The van der Waals surface area contributed by atoms with Gasteiger partial charge in [-0.2, -0.15) is 12.9 Å². The van der Waals surface area contributed by atoms with E-state index in [9.17, 15) is 33.7 Å². The predicted molar refractivity (Wildman–Crippen MR) is 175 cm³/mol. The van der Waals surface area contributed by atoms with Crippen LogP contribution in [0.3, 0.4) is 0 Å². The van der Waals surface area contributed by atoms with E-state index in [0.717, 1.165) is 32.9 Å². The number of hydrogen-bond acceptors (Lipinski definition) is 12. The number of rotatable bonds is 6. The molecule has 0 N–H and O–H groups in total. The molecule has 49 heavy (non-hydrogen) atoms. The highest BCUT2D eigenvalue weighted by Crippen LogP contribution is 2.48. The van der Waals surface area contributed by atoms with E-state index < -0.39 is 102 Å². The zero-order valence-electron chi connectivity index (χ0n) is 28.0. The second-order valence-corrected chi connectivity index (χ2v) is 20.9. The molecule has 272 valence electrons. The molecule has 0 bridgehead atoms. The van der Waals surface area contributed by atoms with Crippen LogP contribution in [0.2, 0.25) is 0 Å². The minimum absolute atomic E-state index is 0.0452. The van der Waals surface area contributed by atoms with E-state index in [1.807, 2.05) is 0 Å². The summed E-state index contributed by atoms with van der Waals surface area (Å²) in [5, 5.41) is 0. The molecular weight excluding hydrogens is 723 g/mol. The molecule has 0 aromatic heterocycles. The third-order valence-corrected chi connectivity index (χ3v) is 16.0. The Morgan fingerprint density at radius 3 is 1.39 bits per heavy atom. The number of fused-ring (bicyclic) bond motifs is 2. The van der Waals surface area contributed by atoms with E-state index in [4.69, 9.17) is 18.9 Å². The zero-order chi connectivity index (χ0) is 35.8. The summed E-state index contributed by atoms with van der Waals surface area (Å²) in [7, 11) is -18.0. The number of nitrogens with zero attached hydrogens (tertiary/aromatic N) is 3. The normalized spacial score (nSPS) is 30.2. The van der Waals surface area contributed by atoms with Crippen LogP contribution in [-0.2, 0) is 54.1 Å². The molecule has 19 heteroatoms. The lowest BCUT2D eigenvalue weighted by atomic mass is 10.3. The average molecular weight is 764 g/mol. The number of sulfonamides is 3. The average Bonchev–Trinajstić information content (AvgIpc) is 2.99. The fraction of sp³-hybridized carbons (Fsp3) is 0.600. The Labute approximate surface area is 288 Å². The van der Waals surface area contributed by atoms with Crippen LogP contribution >= 0.6 is 0 Å². The molecule has 0 aliphatic carbocycles. The molecule has 2 aromatic rings. The fourth-order valence-corrected chi connectivity index (χ4v) is 13.7. The van der Waals surface area contributed by atoms with Crippen LogP contribution in [-0.4, -0.2) is 122 Å². The Bertz CT molecular complexity index is 2060. The summed E-state index contributed by atoms with van der Waals surface area (Å²) < 4.78 is 140. The van der Waals surface area contributed by atoms with Crippen molar-refractivity contribution in [3.63, 3.8) is 0 Å². The smallest absolute Gasteiger partial charge is 0.247 e. The van der Waals surface area contributed by atoms with Crippen LogP contribution in [0.25, 0.3) is 0 Å². The molecule has 15 nitrogen and oxygen atoms in total. The van der Waals surface area contributed by atoms with Gasteiger partial charge in [0.05, 0.1) is 46.4 Å². The molecular formula is C30H41N3O12S4. The summed E-state index contributed by atoms with van der Waals surface area (Å²) in [5.41, 5.74) is 0. The molecule has 0 unspecified atom stereocenters. The van der Waals surface area contributed by atoms with Gasteiger partial charge in [-0.05, 0) is 71.9 Å². The molecule has 3 saturated heterocycles. The predicted octanol–water partition coefficient (Wildman–Crippen LogP) is 2.02. The summed E-state index contributed by atoms with van der Waals surface area (Å²) in [6.07, 6.45) is -2.75. The number of morpholine rings is 3. The van der Waals surface area contributed by atoms with Gasteiger partial charge in [-0.25, -0.2) is 33.7 Å². The first kappa shape index (κ1) is 36.6. The summed E-state index contributed by atoms with van der Waals surface area (Å²) in [4.78, 5) is -2.81. The lowest BCUT2D eigenvalue weighted by Crippen LogP contribution is -2.48. The van der Waals surface area contributed by atoms with E-state index in [2.05, 4.69) is 0 Å². The largest absolute Gasteiger partial charge is 0.453 e. The van der Waals surface area contributed by atoms with Crippen LogP contribution in [0.1, 0.15) is 41.5 Å². The van der Waals surface area contributed by atoms with E-state index >= 15 is 0 Å². The second-order valence-electron chi connectivity index (χ2n) is 13.2. The Morgan fingerprint density at radius 2 is 0.939 bits per heavy atom. The molecule has 0 spiro atoms. The summed E-state index contributed by atoms with van der Waals surface area (Å²) in [5.74, 6) is -0.879. The number of sulfone groups is 1. The maximum Gasteiger partial charge on any atom is 0.247 e. The van der Waals surface area contributed by atoms with E-state index in [1.165, 1.54) is 10.4 Å². The van der Waals surface area contributed by atoms with Gasteiger partial charge in [-0.3, -0.25) is 0 Å². The molecule has 0 radical (unpaired) electrons. The van der Waals surface area contributed by atoms with Crippen molar-refractivity contribution in [1.29, 1.82) is 0 Å². The highest BCUT2D eigenvalue weighted by Gasteiger charge is 2.44. The Morgan fingerprint density at radius 1 is 0.551 bits per heavy atom. The molecule has 4 heterocycles. The van der Waals surface area contributed by atoms with E-state index in [0.29, 0.717) is 0 Å². The summed E-state index contributed by atoms with van der Waals surface area (Å²) in [6, 6.07) is 5.12. The van der Waals surface area contributed by atoms with Gasteiger partial charge in [0.1, 0.15) is 20.4 Å². The third-order valence-electron chi connectivity index (χ3n) is 8.75. The zero-order valence-corrected chi connectivity index (χ0v) is 31.2. The highest BCUT2D eigenvalue weighted by atomic mass is 32.2. The van der Waals surface area contributed by atoms with Crippen molar-refractivity contribution in [2.45, 2.75) is 103 Å². The van der Waals surface area contributed by atoms with Gasteiger partial charge in [-0.15, -0.1) is 0 Å². The van der Waals surface area contributed by atoms with Crippen molar-refractivity contribution in [3.05, 3.63) is 30.3 Å². The quantitative estimate of drug-likeness (QED) is 0.357. The van der Waals surface area contributed by atoms with Gasteiger partial charge in [-0.1, -0.05) is 0 Å². The number of hydrogen-bond donors (Lipinski definition) is 0. The van der Waals surface area contributed by atoms with Crippen molar-refractivity contribution in [2.24, 2.45) is 0 Å². The minimum Gasteiger partial charge on any atom is -0.453 e. The number of benzene rings is 2. The molecule has 0 amide bonds. The Hall–Kier alpha value is -2.20. The van der Waals surface area contributed by atoms with Crippen LogP contribution in [0.15, 0.2) is 54.8 Å². The maximum absolute atomic E-state index is 14.4. The fourth-order valence-electron chi connectivity index (χ4n) is 6.78. The summed E-state index contributed by atoms with van der Waals surface area (Å²) >= 11 is 0. The van der Waals surface area contributed by atoms with E-state index in [1.54, 1.807) is 41.5 Å². The summed E-state index contributed by atoms with van der Waals surface area (Å²) in [6.45, 7) is 10.1. The lowest BCUT2D eigenvalue weighted by Gasteiger charge is -2.36. The Kier molecular flexibility index (Phi) is 9.54.